The Bertz CT molecular complexity index is 867. The Labute approximate surface area is 179 Å². The molecule has 3 rings (SSSR count). The zero-order valence-electron chi connectivity index (χ0n) is 17.2. The number of hydrogen-bond acceptors (Lipinski definition) is 8. The predicted molar refractivity (Wildman–Crippen MR) is 108 cm³/mol. The lowest BCUT2D eigenvalue weighted by Crippen LogP contribution is -2.58. The van der Waals surface area contributed by atoms with Crippen molar-refractivity contribution < 1.29 is 33.3 Å². The molecule has 30 heavy (non-hydrogen) atoms. The van der Waals surface area contributed by atoms with E-state index in [0.717, 1.165) is 5.69 Å². The molecule has 1 fully saturated rings. The first-order chi connectivity index (χ1) is 14.2. The van der Waals surface area contributed by atoms with E-state index < -0.39 is 42.3 Å². The number of halogens is 1. The minimum absolute atomic E-state index is 0.109. The summed E-state index contributed by atoms with van der Waals surface area (Å²) in [5.41, 5.74) is 1.80. The van der Waals surface area contributed by atoms with Gasteiger partial charge in [0.15, 0.2) is 0 Å². The van der Waals surface area contributed by atoms with Crippen molar-refractivity contribution in [3.05, 3.63) is 40.6 Å². The summed E-state index contributed by atoms with van der Waals surface area (Å²) in [6.07, 6.45) is -1.62. The van der Waals surface area contributed by atoms with Crippen molar-refractivity contribution in [3.63, 3.8) is 0 Å². The highest BCUT2D eigenvalue weighted by molar-refractivity contribution is 6.30. The van der Waals surface area contributed by atoms with Crippen molar-refractivity contribution >= 4 is 35.2 Å². The first-order valence-electron chi connectivity index (χ1n) is 9.52. The Hall–Kier alpha value is -2.58. The average Bonchev–Trinajstić information content (AvgIpc) is 2.69. The molecule has 4 atom stereocenters. The van der Waals surface area contributed by atoms with Gasteiger partial charge in [-0.3, -0.25) is 9.59 Å². The zero-order chi connectivity index (χ0) is 22.0. The van der Waals surface area contributed by atoms with Gasteiger partial charge in [0.2, 0.25) is 0 Å². The summed E-state index contributed by atoms with van der Waals surface area (Å²) >= 11 is 6.02. The van der Waals surface area contributed by atoms with E-state index in [4.69, 9.17) is 30.5 Å². The van der Waals surface area contributed by atoms with Gasteiger partial charge in [-0.15, -0.1) is 0 Å². The Balaban J connectivity index is 2.08. The third-order valence-corrected chi connectivity index (χ3v) is 5.48. The number of carbonyl (C=O) groups is 3. The maximum Gasteiger partial charge on any atom is 0.335 e. The van der Waals surface area contributed by atoms with Crippen molar-refractivity contribution in [2.75, 3.05) is 18.6 Å². The van der Waals surface area contributed by atoms with Crippen molar-refractivity contribution in [3.8, 4) is 0 Å². The number of fused-ring (bicyclic) bond motifs is 2. The molecule has 1 saturated heterocycles. The first-order valence-corrected chi connectivity index (χ1v) is 9.90. The van der Waals surface area contributed by atoms with Gasteiger partial charge < -0.3 is 23.8 Å². The molecule has 162 valence electrons. The molecule has 0 saturated carbocycles. The van der Waals surface area contributed by atoms with Crippen LogP contribution in [0.3, 0.4) is 0 Å². The van der Waals surface area contributed by atoms with Gasteiger partial charge in [-0.25, -0.2) is 4.79 Å². The van der Waals surface area contributed by atoms with Gasteiger partial charge in [0.05, 0.1) is 12.7 Å². The Morgan fingerprint density at radius 3 is 2.40 bits per heavy atom. The second-order valence-electron chi connectivity index (χ2n) is 7.19. The summed E-state index contributed by atoms with van der Waals surface area (Å²) in [5.74, 6) is -1.98. The Morgan fingerprint density at radius 2 is 1.83 bits per heavy atom. The molecule has 8 nitrogen and oxygen atoms in total. The van der Waals surface area contributed by atoms with Crippen LogP contribution >= 0.6 is 11.6 Å². The summed E-state index contributed by atoms with van der Waals surface area (Å²) in [6.45, 7) is 4.25. The van der Waals surface area contributed by atoms with Crippen LogP contribution in [0.5, 0.6) is 0 Å². The molecule has 1 aromatic rings. The number of esters is 3. The van der Waals surface area contributed by atoms with Crippen LogP contribution in [-0.2, 0) is 33.3 Å². The third kappa shape index (κ3) is 4.44. The van der Waals surface area contributed by atoms with E-state index in [1.807, 2.05) is 17.0 Å². The molecule has 2 aliphatic heterocycles. The highest BCUT2D eigenvalue weighted by atomic mass is 35.5. The largest absolute Gasteiger partial charge is 0.466 e. The molecule has 0 amide bonds. The van der Waals surface area contributed by atoms with Gasteiger partial charge in [0.1, 0.15) is 25.0 Å². The zero-order valence-corrected chi connectivity index (χ0v) is 18.0. The van der Waals surface area contributed by atoms with Crippen LogP contribution in [0.2, 0.25) is 5.02 Å². The van der Waals surface area contributed by atoms with Crippen molar-refractivity contribution in [2.45, 2.75) is 45.6 Å². The van der Waals surface area contributed by atoms with Crippen LogP contribution in [-0.4, -0.2) is 50.1 Å². The van der Waals surface area contributed by atoms with E-state index in [-0.39, 0.29) is 6.61 Å². The summed E-state index contributed by atoms with van der Waals surface area (Å²) in [5, 5.41) is 0.579. The SMILES string of the molecule is COC(=O)C1=C(C)N(c2ccc(Cl)cc2)[C@@H]2C[C@H]1[C@H](OC(C)=O)[C@@H](COC(C)=O)O2. The minimum Gasteiger partial charge on any atom is -0.466 e. The van der Waals surface area contributed by atoms with Crippen molar-refractivity contribution in [1.82, 2.24) is 0 Å². The fourth-order valence-electron chi connectivity index (χ4n) is 4.06. The van der Waals surface area contributed by atoms with E-state index in [0.29, 0.717) is 22.7 Å². The lowest BCUT2D eigenvalue weighted by atomic mass is 9.80. The van der Waals surface area contributed by atoms with Crippen molar-refractivity contribution in [2.24, 2.45) is 5.92 Å². The molecule has 2 heterocycles. The van der Waals surface area contributed by atoms with Crippen molar-refractivity contribution in [1.29, 1.82) is 0 Å². The maximum absolute atomic E-state index is 12.7. The minimum atomic E-state index is -0.797. The summed E-state index contributed by atoms with van der Waals surface area (Å²) < 4.78 is 21.9. The van der Waals surface area contributed by atoms with Gasteiger partial charge in [0.25, 0.3) is 0 Å². The fraction of sp³-hybridized carbons (Fsp3) is 0.476. The second kappa shape index (κ2) is 9.06. The normalized spacial score (nSPS) is 25.6. The number of anilines is 1. The number of allylic oxidation sites excluding steroid dienone is 1. The van der Waals surface area contributed by atoms with Gasteiger partial charge in [-0.2, -0.15) is 0 Å². The van der Waals surface area contributed by atoms with Crippen LogP contribution in [0.25, 0.3) is 0 Å². The summed E-state index contributed by atoms with van der Waals surface area (Å²) in [6, 6.07) is 7.14. The number of rotatable bonds is 5. The molecule has 1 aromatic carbocycles. The molecule has 9 heteroatoms. The van der Waals surface area contributed by atoms with Gasteiger partial charge in [-0.1, -0.05) is 11.6 Å². The number of benzene rings is 1. The maximum atomic E-state index is 12.7. The van der Waals surface area contributed by atoms with Crippen LogP contribution in [0, 0.1) is 5.92 Å². The molecule has 0 aliphatic carbocycles. The monoisotopic (exact) mass is 437 g/mol. The van der Waals surface area contributed by atoms with E-state index in [1.54, 1.807) is 19.1 Å². The highest BCUT2D eigenvalue weighted by Gasteiger charge is 2.51. The van der Waals surface area contributed by atoms with Crippen LogP contribution in [0.15, 0.2) is 35.5 Å². The Kier molecular flexibility index (Phi) is 6.67. The van der Waals surface area contributed by atoms with E-state index in [1.165, 1.54) is 21.0 Å². The number of nitrogens with zero attached hydrogens (tertiary/aromatic N) is 1. The summed E-state index contributed by atoms with van der Waals surface area (Å²) in [4.78, 5) is 37.7. The number of carbonyl (C=O) groups excluding carboxylic acids is 3. The molecular weight excluding hydrogens is 414 g/mol. The molecule has 2 aliphatic rings. The molecule has 0 spiro atoms. The fourth-order valence-corrected chi connectivity index (χ4v) is 4.19. The molecule has 2 bridgehead atoms. The quantitative estimate of drug-likeness (QED) is 0.513. The topological polar surface area (TPSA) is 91.4 Å². The van der Waals surface area contributed by atoms with Gasteiger partial charge in [0, 0.05) is 42.6 Å². The van der Waals surface area contributed by atoms with E-state index >= 15 is 0 Å². The first kappa shape index (κ1) is 22.1. The molecule has 0 unspecified atom stereocenters. The van der Waals surface area contributed by atoms with E-state index in [2.05, 4.69) is 0 Å². The summed E-state index contributed by atoms with van der Waals surface area (Å²) in [7, 11) is 1.30. The number of hydrogen-bond donors (Lipinski definition) is 0. The smallest absolute Gasteiger partial charge is 0.335 e. The second-order valence-corrected chi connectivity index (χ2v) is 7.62. The standard InChI is InChI=1S/C21H24ClNO7/c1-11-19(21(26)27-4)16-9-18(23(11)15-7-5-14(22)6-8-15)30-17(10-28-12(2)24)20(16)29-13(3)25/h5-8,16-18,20H,9-10H2,1-4H3/t16-,17-,18+,20+/m1/s1. The average molecular weight is 438 g/mol. The van der Waals surface area contributed by atoms with Crippen LogP contribution in [0.4, 0.5) is 5.69 Å². The Morgan fingerprint density at radius 1 is 1.17 bits per heavy atom. The predicted octanol–water partition coefficient (Wildman–Crippen LogP) is 2.83. The highest BCUT2D eigenvalue weighted by Crippen LogP contribution is 2.44. The number of methoxy groups -OCH3 is 1. The molecule has 0 aromatic heterocycles. The lowest BCUT2D eigenvalue weighted by molar-refractivity contribution is -0.193. The molecule has 0 radical (unpaired) electrons. The van der Waals surface area contributed by atoms with Crippen LogP contribution in [0.1, 0.15) is 27.2 Å². The van der Waals surface area contributed by atoms with Gasteiger partial charge >= 0.3 is 17.9 Å². The molecular formula is C21H24ClNO7. The third-order valence-electron chi connectivity index (χ3n) is 5.22. The van der Waals surface area contributed by atoms with E-state index in [9.17, 15) is 14.4 Å². The van der Waals surface area contributed by atoms with Gasteiger partial charge in [-0.05, 0) is 31.2 Å². The number of ether oxygens (including phenoxy) is 4. The van der Waals surface area contributed by atoms with Crippen LogP contribution < -0.4 is 4.90 Å². The molecule has 0 N–H and O–H groups in total. The lowest BCUT2D eigenvalue weighted by Gasteiger charge is -2.50.